The molecule has 1 amide bonds. The van der Waals surface area contributed by atoms with Gasteiger partial charge in [-0.05, 0) is 24.7 Å². The standard InChI is InChI=1S/C7H7N5OS3/c1-3-4(16-12-9-3)5(13)8-6-10-11-7(14-2)15-6/h1-2H3,(H,8,10,13). The monoisotopic (exact) mass is 273 g/mol. The third kappa shape index (κ3) is 2.36. The highest BCUT2D eigenvalue weighted by Gasteiger charge is 2.15. The molecule has 9 heteroatoms. The lowest BCUT2D eigenvalue weighted by Gasteiger charge is -1.96. The molecule has 0 fully saturated rings. The van der Waals surface area contributed by atoms with E-state index in [2.05, 4.69) is 25.1 Å². The van der Waals surface area contributed by atoms with Crippen LogP contribution in [-0.2, 0) is 0 Å². The molecule has 0 spiro atoms. The number of anilines is 1. The van der Waals surface area contributed by atoms with Gasteiger partial charge in [-0.3, -0.25) is 10.1 Å². The van der Waals surface area contributed by atoms with E-state index < -0.39 is 0 Å². The summed E-state index contributed by atoms with van der Waals surface area (Å²) in [6.07, 6.45) is 1.91. The zero-order valence-corrected chi connectivity index (χ0v) is 10.9. The molecule has 0 aliphatic carbocycles. The molecule has 1 N–H and O–H groups in total. The number of nitrogens with one attached hydrogen (secondary N) is 1. The average Bonchev–Trinajstić information content (AvgIpc) is 2.86. The molecule has 0 aliphatic heterocycles. The molecule has 0 unspecified atom stereocenters. The van der Waals surface area contributed by atoms with Crippen LogP contribution in [0.2, 0.25) is 0 Å². The molecule has 84 valence electrons. The van der Waals surface area contributed by atoms with Gasteiger partial charge in [0.2, 0.25) is 5.13 Å². The third-order valence-electron chi connectivity index (χ3n) is 1.66. The summed E-state index contributed by atoms with van der Waals surface area (Å²) in [5.74, 6) is -0.240. The molecule has 2 aromatic heterocycles. The first-order chi connectivity index (χ1) is 7.70. The quantitative estimate of drug-likeness (QED) is 0.677. The molecular formula is C7H7N5OS3. The Morgan fingerprint density at radius 3 is 2.75 bits per heavy atom. The highest BCUT2D eigenvalue weighted by molar-refractivity contribution is 8.00. The van der Waals surface area contributed by atoms with Crippen molar-refractivity contribution in [2.24, 2.45) is 0 Å². The van der Waals surface area contributed by atoms with Crippen LogP contribution >= 0.6 is 34.6 Å². The van der Waals surface area contributed by atoms with Gasteiger partial charge in [0.1, 0.15) is 4.88 Å². The van der Waals surface area contributed by atoms with Gasteiger partial charge in [0, 0.05) is 0 Å². The smallest absolute Gasteiger partial charge is 0.271 e. The van der Waals surface area contributed by atoms with Crippen LogP contribution in [0.25, 0.3) is 0 Å². The molecule has 2 heterocycles. The van der Waals surface area contributed by atoms with Crippen LogP contribution in [0.4, 0.5) is 5.13 Å². The Balaban J connectivity index is 2.11. The Morgan fingerprint density at radius 1 is 1.38 bits per heavy atom. The van der Waals surface area contributed by atoms with Crippen molar-refractivity contribution in [3.05, 3.63) is 10.6 Å². The molecule has 0 saturated carbocycles. The number of hydrogen-bond acceptors (Lipinski definition) is 8. The third-order valence-corrected chi connectivity index (χ3v) is 4.30. The Morgan fingerprint density at radius 2 is 2.19 bits per heavy atom. The van der Waals surface area contributed by atoms with Gasteiger partial charge in [0.15, 0.2) is 4.34 Å². The van der Waals surface area contributed by atoms with Gasteiger partial charge in [-0.15, -0.1) is 15.3 Å². The predicted octanol–water partition coefficient (Wildman–Crippen LogP) is 1.67. The highest BCUT2D eigenvalue weighted by Crippen LogP contribution is 2.23. The summed E-state index contributed by atoms with van der Waals surface area (Å²) in [5, 5.41) is 14.6. The molecule has 2 aromatic rings. The van der Waals surface area contributed by atoms with Crippen LogP contribution in [0.1, 0.15) is 15.4 Å². The molecule has 0 saturated heterocycles. The minimum absolute atomic E-state index is 0.240. The number of carbonyl (C=O) groups excluding carboxylic acids is 1. The molecule has 0 aliphatic rings. The van der Waals surface area contributed by atoms with Crippen molar-refractivity contribution >= 4 is 45.7 Å². The fourth-order valence-corrected chi connectivity index (χ4v) is 2.65. The first kappa shape index (κ1) is 11.4. The van der Waals surface area contributed by atoms with Crippen LogP contribution in [0.5, 0.6) is 0 Å². The minimum Gasteiger partial charge on any atom is -0.296 e. The molecule has 0 bridgehead atoms. The summed E-state index contributed by atoms with van der Waals surface area (Å²) in [5.41, 5.74) is 0.622. The Kier molecular flexibility index (Phi) is 3.46. The highest BCUT2D eigenvalue weighted by atomic mass is 32.2. The normalized spacial score (nSPS) is 10.4. The van der Waals surface area contributed by atoms with Crippen molar-refractivity contribution in [2.45, 2.75) is 11.3 Å². The number of hydrogen-bond donors (Lipinski definition) is 1. The fraction of sp³-hybridized carbons (Fsp3) is 0.286. The summed E-state index contributed by atoms with van der Waals surface area (Å²) in [7, 11) is 0. The molecule has 0 radical (unpaired) electrons. The van der Waals surface area contributed by atoms with Gasteiger partial charge in [-0.1, -0.05) is 27.6 Å². The number of thioether (sulfide) groups is 1. The van der Waals surface area contributed by atoms with Crippen LogP contribution in [0.15, 0.2) is 4.34 Å². The van der Waals surface area contributed by atoms with Crippen molar-refractivity contribution < 1.29 is 4.79 Å². The van der Waals surface area contributed by atoms with E-state index in [0.29, 0.717) is 15.7 Å². The van der Waals surface area contributed by atoms with E-state index >= 15 is 0 Å². The molecule has 6 nitrogen and oxygen atoms in total. The minimum atomic E-state index is -0.240. The summed E-state index contributed by atoms with van der Waals surface area (Å²) in [6, 6.07) is 0. The first-order valence-electron chi connectivity index (χ1n) is 4.18. The molecular weight excluding hydrogens is 266 g/mol. The van der Waals surface area contributed by atoms with E-state index in [4.69, 9.17) is 0 Å². The van der Waals surface area contributed by atoms with Gasteiger partial charge in [0.05, 0.1) is 5.69 Å². The topological polar surface area (TPSA) is 80.7 Å². The van der Waals surface area contributed by atoms with E-state index in [1.807, 2.05) is 6.26 Å². The zero-order valence-electron chi connectivity index (χ0n) is 8.42. The van der Waals surface area contributed by atoms with Crippen LogP contribution in [-0.4, -0.2) is 31.9 Å². The van der Waals surface area contributed by atoms with E-state index in [1.54, 1.807) is 6.92 Å². The Hall–Kier alpha value is -1.06. The Labute approximate surface area is 104 Å². The van der Waals surface area contributed by atoms with Crippen molar-refractivity contribution in [3.8, 4) is 0 Å². The largest absolute Gasteiger partial charge is 0.296 e. The van der Waals surface area contributed by atoms with Crippen molar-refractivity contribution in [2.75, 3.05) is 11.6 Å². The summed E-state index contributed by atoms with van der Waals surface area (Å²) >= 11 is 3.89. The lowest BCUT2D eigenvalue weighted by Crippen LogP contribution is -2.11. The second-order valence-corrected chi connectivity index (χ2v) is 5.50. The van der Waals surface area contributed by atoms with E-state index in [9.17, 15) is 4.79 Å². The number of aryl methyl sites for hydroxylation is 1. The van der Waals surface area contributed by atoms with Gasteiger partial charge in [0.25, 0.3) is 5.91 Å². The number of aromatic nitrogens is 4. The van der Waals surface area contributed by atoms with E-state index in [0.717, 1.165) is 15.9 Å². The number of rotatable bonds is 3. The lowest BCUT2D eigenvalue weighted by molar-refractivity contribution is 0.102. The predicted molar refractivity (Wildman–Crippen MR) is 64.3 cm³/mol. The molecule has 0 aromatic carbocycles. The molecule has 2 rings (SSSR count). The number of nitrogens with zero attached hydrogens (tertiary/aromatic N) is 4. The van der Waals surface area contributed by atoms with Crippen LogP contribution in [0.3, 0.4) is 0 Å². The second kappa shape index (κ2) is 4.85. The fourth-order valence-electron chi connectivity index (χ4n) is 0.936. The van der Waals surface area contributed by atoms with Crippen LogP contribution in [0, 0.1) is 6.92 Å². The number of carbonyl (C=O) groups is 1. The molecule has 0 atom stereocenters. The van der Waals surface area contributed by atoms with Gasteiger partial charge < -0.3 is 0 Å². The summed E-state index contributed by atoms with van der Waals surface area (Å²) < 4.78 is 4.51. The number of amides is 1. The second-order valence-electron chi connectivity index (χ2n) is 2.72. The van der Waals surface area contributed by atoms with Crippen LogP contribution < -0.4 is 5.32 Å². The van der Waals surface area contributed by atoms with Crippen molar-refractivity contribution in [1.82, 2.24) is 19.8 Å². The average molecular weight is 273 g/mol. The van der Waals surface area contributed by atoms with E-state index in [1.165, 1.54) is 23.1 Å². The van der Waals surface area contributed by atoms with Crippen molar-refractivity contribution in [3.63, 3.8) is 0 Å². The summed E-state index contributed by atoms with van der Waals surface area (Å²) in [6.45, 7) is 1.74. The first-order valence-corrected chi connectivity index (χ1v) is 7.00. The van der Waals surface area contributed by atoms with Gasteiger partial charge in [-0.2, -0.15) is 0 Å². The summed E-state index contributed by atoms with van der Waals surface area (Å²) in [4.78, 5) is 12.2. The van der Waals surface area contributed by atoms with Gasteiger partial charge >= 0.3 is 0 Å². The molecule has 16 heavy (non-hydrogen) atoms. The maximum absolute atomic E-state index is 11.7. The van der Waals surface area contributed by atoms with E-state index in [-0.39, 0.29) is 5.91 Å². The zero-order chi connectivity index (χ0) is 11.5. The lowest BCUT2D eigenvalue weighted by atomic mass is 10.4. The maximum atomic E-state index is 11.7. The Bertz CT molecular complexity index is 508. The maximum Gasteiger partial charge on any atom is 0.271 e. The van der Waals surface area contributed by atoms with Gasteiger partial charge in [-0.25, -0.2) is 0 Å². The SMILES string of the molecule is CSc1nnc(NC(=O)c2snnc2C)s1. The van der Waals surface area contributed by atoms with Crippen molar-refractivity contribution in [1.29, 1.82) is 0 Å².